The van der Waals surface area contributed by atoms with Crippen LogP contribution in [0.3, 0.4) is 0 Å². The molecule has 0 amide bonds. The molecule has 1 rings (SSSR count). The van der Waals surface area contributed by atoms with Gasteiger partial charge in [-0.05, 0) is 37.9 Å². The van der Waals surface area contributed by atoms with Gasteiger partial charge in [-0.15, -0.1) is 12.4 Å². The molecule has 0 aliphatic rings. The Bertz CT molecular complexity index is 461. The summed E-state index contributed by atoms with van der Waals surface area (Å²) in [5.74, 6) is -1.96. The summed E-state index contributed by atoms with van der Waals surface area (Å²) in [7, 11) is 3.78. The van der Waals surface area contributed by atoms with Gasteiger partial charge in [0.25, 0.3) is 0 Å². The van der Waals surface area contributed by atoms with E-state index in [1.165, 1.54) is 18.2 Å². The van der Waals surface area contributed by atoms with Crippen LogP contribution in [0.25, 0.3) is 6.08 Å². The molecule has 1 unspecified atom stereocenters. The molecular formula is C14H18ClF2NO. The Morgan fingerprint density at radius 2 is 1.95 bits per heavy atom. The third-order valence-corrected chi connectivity index (χ3v) is 2.51. The van der Waals surface area contributed by atoms with E-state index in [-0.39, 0.29) is 24.1 Å². The molecule has 0 aromatic heterocycles. The van der Waals surface area contributed by atoms with E-state index in [1.807, 2.05) is 25.9 Å². The Hall–Kier alpha value is -1.26. The van der Waals surface area contributed by atoms with Crippen molar-refractivity contribution in [1.82, 2.24) is 4.90 Å². The summed E-state index contributed by atoms with van der Waals surface area (Å²) in [5.41, 5.74) is 0.472. The van der Waals surface area contributed by atoms with Gasteiger partial charge in [-0.3, -0.25) is 4.79 Å². The predicted molar refractivity (Wildman–Crippen MR) is 75.4 cm³/mol. The van der Waals surface area contributed by atoms with Crippen molar-refractivity contribution >= 4 is 24.3 Å². The lowest BCUT2D eigenvalue weighted by Crippen LogP contribution is -2.24. The van der Waals surface area contributed by atoms with Gasteiger partial charge in [0.1, 0.15) is 0 Å². The van der Waals surface area contributed by atoms with E-state index in [0.29, 0.717) is 12.1 Å². The second-order valence-corrected chi connectivity index (χ2v) is 4.57. The number of rotatable bonds is 5. The van der Waals surface area contributed by atoms with Crippen molar-refractivity contribution in [1.29, 1.82) is 0 Å². The van der Waals surface area contributed by atoms with Crippen molar-refractivity contribution in [3.05, 3.63) is 41.5 Å². The van der Waals surface area contributed by atoms with Crippen LogP contribution in [0.5, 0.6) is 0 Å². The smallest absolute Gasteiger partial charge is 0.159 e. The number of benzene rings is 1. The number of halogens is 3. The number of nitrogens with zero attached hydrogens (tertiary/aromatic N) is 1. The fourth-order valence-corrected chi connectivity index (χ4v) is 1.60. The molecule has 0 bridgehead atoms. The minimum atomic E-state index is -0.911. The van der Waals surface area contributed by atoms with Crippen LogP contribution < -0.4 is 0 Å². The van der Waals surface area contributed by atoms with Crippen molar-refractivity contribution < 1.29 is 13.6 Å². The number of hydrogen-bond acceptors (Lipinski definition) is 2. The lowest BCUT2D eigenvalue weighted by atomic mass is 10.0. The van der Waals surface area contributed by atoms with Crippen LogP contribution in [0.15, 0.2) is 24.3 Å². The molecule has 0 saturated heterocycles. The highest BCUT2D eigenvalue weighted by Gasteiger charge is 2.10. The van der Waals surface area contributed by atoms with Gasteiger partial charge in [0.05, 0.1) is 0 Å². The molecule has 0 heterocycles. The summed E-state index contributed by atoms with van der Waals surface area (Å²) in [6.45, 7) is 2.48. The number of ketones is 1. The lowest BCUT2D eigenvalue weighted by Gasteiger charge is -2.13. The molecule has 0 saturated carbocycles. The molecular weight excluding hydrogens is 272 g/mol. The molecule has 1 aromatic rings. The first-order chi connectivity index (χ1) is 8.40. The van der Waals surface area contributed by atoms with E-state index in [0.717, 1.165) is 12.1 Å². The SMILES string of the molecule is CC(CN(C)C)C(=O)C=Cc1ccc(F)c(F)c1.Cl. The predicted octanol–water partition coefficient (Wildman–Crippen LogP) is 3.17. The largest absolute Gasteiger partial charge is 0.309 e. The fourth-order valence-electron chi connectivity index (χ4n) is 1.60. The van der Waals surface area contributed by atoms with E-state index < -0.39 is 11.6 Å². The van der Waals surface area contributed by atoms with E-state index in [1.54, 1.807) is 0 Å². The van der Waals surface area contributed by atoms with Gasteiger partial charge in [-0.1, -0.05) is 19.1 Å². The van der Waals surface area contributed by atoms with E-state index >= 15 is 0 Å². The molecule has 2 nitrogen and oxygen atoms in total. The van der Waals surface area contributed by atoms with Gasteiger partial charge in [-0.2, -0.15) is 0 Å². The lowest BCUT2D eigenvalue weighted by molar-refractivity contribution is -0.118. The maximum absolute atomic E-state index is 12.9. The number of carbonyl (C=O) groups excluding carboxylic acids is 1. The van der Waals surface area contributed by atoms with Crippen molar-refractivity contribution in [3.8, 4) is 0 Å². The molecule has 0 radical (unpaired) electrons. The molecule has 0 aliphatic carbocycles. The van der Waals surface area contributed by atoms with Crippen LogP contribution in [0.2, 0.25) is 0 Å². The van der Waals surface area contributed by atoms with Crippen LogP contribution in [-0.4, -0.2) is 31.3 Å². The van der Waals surface area contributed by atoms with Crippen molar-refractivity contribution in [2.75, 3.05) is 20.6 Å². The van der Waals surface area contributed by atoms with Crippen LogP contribution in [-0.2, 0) is 4.79 Å². The van der Waals surface area contributed by atoms with Crippen LogP contribution in [0.4, 0.5) is 8.78 Å². The monoisotopic (exact) mass is 289 g/mol. The number of carbonyl (C=O) groups is 1. The van der Waals surface area contributed by atoms with Gasteiger partial charge in [0.2, 0.25) is 0 Å². The molecule has 0 spiro atoms. The summed E-state index contributed by atoms with van der Waals surface area (Å²) in [4.78, 5) is 13.6. The maximum atomic E-state index is 12.9. The summed E-state index contributed by atoms with van der Waals surface area (Å²) < 4.78 is 25.6. The molecule has 0 aliphatic heterocycles. The van der Waals surface area contributed by atoms with Crippen LogP contribution in [0.1, 0.15) is 12.5 Å². The molecule has 19 heavy (non-hydrogen) atoms. The van der Waals surface area contributed by atoms with Gasteiger partial charge in [0, 0.05) is 12.5 Å². The first-order valence-electron chi connectivity index (χ1n) is 5.72. The van der Waals surface area contributed by atoms with Crippen LogP contribution in [0, 0.1) is 17.6 Å². The molecule has 1 atom stereocenters. The second-order valence-electron chi connectivity index (χ2n) is 4.57. The zero-order valence-corrected chi connectivity index (χ0v) is 12.0. The molecule has 106 valence electrons. The minimum absolute atomic E-state index is 0. The Balaban J connectivity index is 0.00000324. The average molecular weight is 290 g/mol. The Morgan fingerprint density at radius 1 is 1.32 bits per heavy atom. The third-order valence-electron chi connectivity index (χ3n) is 2.51. The minimum Gasteiger partial charge on any atom is -0.309 e. The van der Waals surface area contributed by atoms with Crippen molar-refractivity contribution in [2.24, 2.45) is 5.92 Å². The first-order valence-corrected chi connectivity index (χ1v) is 5.72. The number of hydrogen-bond donors (Lipinski definition) is 0. The van der Waals surface area contributed by atoms with Crippen LogP contribution >= 0.6 is 12.4 Å². The zero-order chi connectivity index (χ0) is 13.7. The topological polar surface area (TPSA) is 20.3 Å². The molecule has 0 N–H and O–H groups in total. The van der Waals surface area contributed by atoms with E-state index in [2.05, 4.69) is 0 Å². The van der Waals surface area contributed by atoms with Gasteiger partial charge in [-0.25, -0.2) is 8.78 Å². The Morgan fingerprint density at radius 3 is 2.47 bits per heavy atom. The molecule has 1 aromatic carbocycles. The number of allylic oxidation sites excluding steroid dienone is 1. The van der Waals surface area contributed by atoms with E-state index in [9.17, 15) is 13.6 Å². The zero-order valence-electron chi connectivity index (χ0n) is 11.2. The van der Waals surface area contributed by atoms with Gasteiger partial charge < -0.3 is 4.90 Å². The second kappa shape index (κ2) is 8.02. The first kappa shape index (κ1) is 17.7. The summed E-state index contributed by atoms with van der Waals surface area (Å²) >= 11 is 0. The highest BCUT2D eigenvalue weighted by atomic mass is 35.5. The summed E-state index contributed by atoms with van der Waals surface area (Å²) in [5, 5.41) is 0. The average Bonchev–Trinajstić information content (AvgIpc) is 2.29. The maximum Gasteiger partial charge on any atom is 0.159 e. The quantitative estimate of drug-likeness (QED) is 0.776. The highest BCUT2D eigenvalue weighted by Crippen LogP contribution is 2.10. The van der Waals surface area contributed by atoms with Crippen molar-refractivity contribution in [2.45, 2.75) is 6.92 Å². The Kier molecular flexibility index (Phi) is 7.49. The standard InChI is InChI=1S/C14H17F2NO.ClH/c1-10(9-17(2)3)14(18)7-5-11-4-6-12(15)13(16)8-11;/h4-8,10H,9H2,1-3H3;1H. The normalized spacial score (nSPS) is 12.5. The van der Waals surface area contributed by atoms with Crippen molar-refractivity contribution in [3.63, 3.8) is 0 Å². The summed E-state index contributed by atoms with van der Waals surface area (Å²) in [6, 6.07) is 3.54. The fraction of sp³-hybridized carbons (Fsp3) is 0.357. The molecule has 0 fully saturated rings. The summed E-state index contributed by atoms with van der Waals surface area (Å²) in [6.07, 6.45) is 2.90. The van der Waals surface area contributed by atoms with Gasteiger partial charge >= 0.3 is 0 Å². The van der Waals surface area contributed by atoms with Gasteiger partial charge in [0.15, 0.2) is 17.4 Å². The molecule has 5 heteroatoms. The van der Waals surface area contributed by atoms with E-state index in [4.69, 9.17) is 0 Å². The Labute approximate surface area is 118 Å². The third kappa shape index (κ3) is 5.94. The highest BCUT2D eigenvalue weighted by molar-refractivity contribution is 5.95.